The molecule has 1 aromatic carbocycles. The number of aromatic nitrogens is 2. The van der Waals surface area contributed by atoms with Crippen molar-refractivity contribution >= 4 is 22.5 Å². The number of nitrogens with zero attached hydrogens (tertiary/aromatic N) is 1. The highest BCUT2D eigenvalue weighted by Crippen LogP contribution is 2.16. The first-order chi connectivity index (χ1) is 8.20. The number of amides is 1. The average molecular weight is 232 g/mol. The molecule has 0 bridgehead atoms. The number of nitrogens with two attached hydrogens (primary N) is 1. The Balaban J connectivity index is 2.09. The first-order valence-electron chi connectivity index (χ1n) is 5.70. The number of hydrogen-bond donors (Lipinski definition) is 3. The van der Waals surface area contributed by atoms with Gasteiger partial charge >= 0.3 is 0 Å². The van der Waals surface area contributed by atoms with Crippen molar-refractivity contribution in [1.82, 2.24) is 10.2 Å². The summed E-state index contributed by atoms with van der Waals surface area (Å²) in [5.74, 6) is -0.144. The highest BCUT2D eigenvalue weighted by atomic mass is 16.2. The molecule has 2 aromatic rings. The van der Waals surface area contributed by atoms with Gasteiger partial charge in [-0.25, -0.2) is 0 Å². The molecule has 2 rings (SSSR count). The van der Waals surface area contributed by atoms with E-state index in [9.17, 15) is 4.79 Å². The molecule has 0 saturated carbocycles. The van der Waals surface area contributed by atoms with E-state index < -0.39 is 6.04 Å². The number of anilines is 1. The molecule has 0 fully saturated rings. The van der Waals surface area contributed by atoms with E-state index in [0.29, 0.717) is 6.42 Å². The number of rotatable bonds is 4. The standard InChI is InChI=1S/C12H16N4O/c1-2-3-10(13)12(17)15-9-4-5-11-8(6-9)7-14-16-11/h4-7,10H,2-3,13H2,1H3,(H,14,16)(H,15,17). The summed E-state index contributed by atoms with van der Waals surface area (Å²) in [4.78, 5) is 11.7. The number of benzene rings is 1. The third-order valence-electron chi connectivity index (χ3n) is 2.64. The summed E-state index contributed by atoms with van der Waals surface area (Å²) in [6.07, 6.45) is 3.31. The third kappa shape index (κ3) is 2.62. The molecule has 0 spiro atoms. The van der Waals surface area contributed by atoms with E-state index in [4.69, 9.17) is 5.73 Å². The fourth-order valence-corrected chi connectivity index (χ4v) is 1.70. The van der Waals surface area contributed by atoms with Crippen molar-refractivity contribution in [3.8, 4) is 0 Å². The molecule has 0 aliphatic carbocycles. The maximum atomic E-state index is 11.7. The van der Waals surface area contributed by atoms with Gasteiger partial charge < -0.3 is 11.1 Å². The Morgan fingerprint density at radius 3 is 3.18 bits per heavy atom. The zero-order valence-electron chi connectivity index (χ0n) is 9.73. The molecule has 5 heteroatoms. The van der Waals surface area contributed by atoms with Gasteiger partial charge in [-0.1, -0.05) is 13.3 Å². The summed E-state index contributed by atoms with van der Waals surface area (Å²) in [5.41, 5.74) is 7.43. The van der Waals surface area contributed by atoms with E-state index in [2.05, 4.69) is 15.5 Å². The second-order valence-corrected chi connectivity index (χ2v) is 4.06. The SMILES string of the molecule is CCCC(N)C(=O)Nc1ccc2[nH]ncc2c1. The molecule has 0 radical (unpaired) electrons. The second-order valence-electron chi connectivity index (χ2n) is 4.06. The number of carbonyl (C=O) groups excluding carboxylic acids is 1. The van der Waals surface area contributed by atoms with Crippen LogP contribution in [0.4, 0.5) is 5.69 Å². The summed E-state index contributed by atoms with van der Waals surface area (Å²) in [6.45, 7) is 2.00. The summed E-state index contributed by atoms with van der Waals surface area (Å²) in [6, 6.07) is 5.13. The van der Waals surface area contributed by atoms with Crippen molar-refractivity contribution < 1.29 is 4.79 Å². The predicted octanol–water partition coefficient (Wildman–Crippen LogP) is 1.63. The third-order valence-corrected chi connectivity index (χ3v) is 2.64. The van der Waals surface area contributed by atoms with Crippen molar-refractivity contribution in [2.45, 2.75) is 25.8 Å². The van der Waals surface area contributed by atoms with Gasteiger partial charge in [0.1, 0.15) is 0 Å². The van der Waals surface area contributed by atoms with E-state index in [1.165, 1.54) is 0 Å². The maximum absolute atomic E-state index is 11.7. The molecule has 1 unspecified atom stereocenters. The van der Waals surface area contributed by atoms with E-state index in [-0.39, 0.29) is 5.91 Å². The van der Waals surface area contributed by atoms with Crippen LogP contribution in [0.2, 0.25) is 0 Å². The van der Waals surface area contributed by atoms with Crippen LogP contribution in [-0.4, -0.2) is 22.1 Å². The van der Waals surface area contributed by atoms with Crippen LogP contribution in [0.1, 0.15) is 19.8 Å². The predicted molar refractivity (Wildman–Crippen MR) is 67.6 cm³/mol. The molecular formula is C12H16N4O. The van der Waals surface area contributed by atoms with E-state index in [0.717, 1.165) is 23.0 Å². The molecule has 90 valence electrons. The number of carbonyl (C=O) groups is 1. The largest absolute Gasteiger partial charge is 0.325 e. The van der Waals surface area contributed by atoms with Crippen LogP contribution in [0.25, 0.3) is 10.9 Å². The Hall–Kier alpha value is -1.88. The minimum atomic E-state index is -0.444. The van der Waals surface area contributed by atoms with Crippen molar-refractivity contribution in [2.75, 3.05) is 5.32 Å². The topological polar surface area (TPSA) is 83.8 Å². The van der Waals surface area contributed by atoms with Gasteiger partial charge in [0.05, 0.1) is 17.8 Å². The normalized spacial score (nSPS) is 12.6. The molecule has 5 nitrogen and oxygen atoms in total. The van der Waals surface area contributed by atoms with E-state index >= 15 is 0 Å². The molecule has 0 aliphatic rings. The van der Waals surface area contributed by atoms with Gasteiger partial charge in [0.25, 0.3) is 0 Å². The van der Waals surface area contributed by atoms with Crippen LogP contribution in [0.5, 0.6) is 0 Å². The highest BCUT2D eigenvalue weighted by Gasteiger charge is 2.12. The number of fused-ring (bicyclic) bond motifs is 1. The van der Waals surface area contributed by atoms with Gasteiger partial charge in [0, 0.05) is 11.1 Å². The number of hydrogen-bond acceptors (Lipinski definition) is 3. The first-order valence-corrected chi connectivity index (χ1v) is 5.70. The molecule has 1 heterocycles. The van der Waals surface area contributed by atoms with E-state index in [1.807, 2.05) is 25.1 Å². The van der Waals surface area contributed by atoms with Crippen LogP contribution < -0.4 is 11.1 Å². The van der Waals surface area contributed by atoms with Gasteiger partial charge in [0.2, 0.25) is 5.91 Å². The van der Waals surface area contributed by atoms with Gasteiger partial charge in [0.15, 0.2) is 0 Å². The van der Waals surface area contributed by atoms with Crippen LogP contribution in [-0.2, 0) is 4.79 Å². The quantitative estimate of drug-likeness (QED) is 0.749. The van der Waals surface area contributed by atoms with Gasteiger partial charge in [-0.15, -0.1) is 0 Å². The Labute approximate surface area is 99.4 Å². The fraction of sp³-hybridized carbons (Fsp3) is 0.333. The number of aromatic amines is 1. The maximum Gasteiger partial charge on any atom is 0.241 e. The molecular weight excluding hydrogens is 216 g/mol. The monoisotopic (exact) mass is 232 g/mol. The van der Waals surface area contributed by atoms with Crippen LogP contribution in [0, 0.1) is 0 Å². The average Bonchev–Trinajstić information content (AvgIpc) is 2.76. The number of nitrogens with one attached hydrogen (secondary N) is 2. The summed E-state index contributed by atoms with van der Waals surface area (Å²) >= 11 is 0. The Kier molecular flexibility index (Phi) is 3.39. The molecule has 1 aromatic heterocycles. The summed E-state index contributed by atoms with van der Waals surface area (Å²) in [7, 11) is 0. The minimum absolute atomic E-state index is 0.144. The first kappa shape index (κ1) is 11.6. The molecule has 1 atom stereocenters. The lowest BCUT2D eigenvalue weighted by atomic mass is 10.1. The van der Waals surface area contributed by atoms with Gasteiger partial charge in [-0.3, -0.25) is 9.89 Å². The molecule has 4 N–H and O–H groups in total. The Morgan fingerprint density at radius 2 is 2.41 bits per heavy atom. The Morgan fingerprint density at radius 1 is 1.59 bits per heavy atom. The number of H-pyrrole nitrogens is 1. The summed E-state index contributed by atoms with van der Waals surface area (Å²) < 4.78 is 0. The van der Waals surface area contributed by atoms with Crippen molar-refractivity contribution in [1.29, 1.82) is 0 Å². The smallest absolute Gasteiger partial charge is 0.241 e. The van der Waals surface area contributed by atoms with Crippen LogP contribution >= 0.6 is 0 Å². The van der Waals surface area contributed by atoms with E-state index in [1.54, 1.807) is 6.20 Å². The van der Waals surface area contributed by atoms with Crippen molar-refractivity contribution in [3.63, 3.8) is 0 Å². The zero-order valence-corrected chi connectivity index (χ0v) is 9.73. The molecule has 0 saturated heterocycles. The second kappa shape index (κ2) is 4.97. The highest BCUT2D eigenvalue weighted by molar-refractivity contribution is 5.96. The van der Waals surface area contributed by atoms with Crippen LogP contribution in [0.15, 0.2) is 24.4 Å². The molecule has 1 amide bonds. The zero-order chi connectivity index (χ0) is 12.3. The fourth-order valence-electron chi connectivity index (χ4n) is 1.70. The van der Waals surface area contributed by atoms with Crippen molar-refractivity contribution in [3.05, 3.63) is 24.4 Å². The molecule has 17 heavy (non-hydrogen) atoms. The lowest BCUT2D eigenvalue weighted by Gasteiger charge is -2.11. The van der Waals surface area contributed by atoms with Crippen LogP contribution in [0.3, 0.4) is 0 Å². The van der Waals surface area contributed by atoms with Gasteiger partial charge in [-0.2, -0.15) is 5.10 Å². The van der Waals surface area contributed by atoms with Crippen molar-refractivity contribution in [2.24, 2.45) is 5.73 Å². The van der Waals surface area contributed by atoms with Gasteiger partial charge in [-0.05, 0) is 24.6 Å². The Bertz CT molecular complexity index is 520. The minimum Gasteiger partial charge on any atom is -0.325 e. The molecule has 0 aliphatic heterocycles. The lowest BCUT2D eigenvalue weighted by Crippen LogP contribution is -2.35. The lowest BCUT2D eigenvalue weighted by molar-refractivity contribution is -0.117. The summed E-state index contributed by atoms with van der Waals surface area (Å²) in [5, 5.41) is 10.5.